The van der Waals surface area contributed by atoms with Gasteiger partial charge in [0.25, 0.3) is 0 Å². The summed E-state index contributed by atoms with van der Waals surface area (Å²) in [5.41, 5.74) is 2.09. The maximum Gasteiger partial charge on any atom is 0.309 e. The quantitative estimate of drug-likeness (QED) is 0.923. The highest BCUT2D eigenvalue weighted by atomic mass is 16.6. The lowest BCUT2D eigenvalue weighted by Gasteiger charge is -2.19. The predicted molar refractivity (Wildman–Crippen MR) is 69.0 cm³/mol. The molecule has 0 saturated carbocycles. The first kappa shape index (κ1) is 12.5. The number of aliphatic carboxylic acids is 1. The second kappa shape index (κ2) is 4.88. The molecule has 0 amide bonds. The average molecular weight is 275 g/mol. The summed E-state index contributed by atoms with van der Waals surface area (Å²) in [7, 11) is 0. The normalized spacial score (nSPS) is 13.2. The number of ether oxygens (including phenoxy) is 2. The van der Waals surface area contributed by atoms with Gasteiger partial charge < -0.3 is 19.0 Å². The van der Waals surface area contributed by atoms with Crippen LogP contribution in [0.5, 0.6) is 11.5 Å². The van der Waals surface area contributed by atoms with Crippen LogP contribution in [0, 0.1) is 6.92 Å². The lowest BCUT2D eigenvalue weighted by Crippen LogP contribution is -2.15. The van der Waals surface area contributed by atoms with Gasteiger partial charge in [-0.1, -0.05) is 0 Å². The number of rotatable bonds is 3. The zero-order valence-electron chi connectivity index (χ0n) is 10.9. The SMILES string of the molecule is Cc1cc2c(cc1-c1nc(CC(=O)O)co1)OCCO2. The number of carboxylic acid groups (broad SMARTS) is 1. The number of nitrogens with zero attached hydrogens (tertiary/aromatic N) is 1. The van der Waals surface area contributed by atoms with E-state index < -0.39 is 5.97 Å². The van der Waals surface area contributed by atoms with Gasteiger partial charge in [0.15, 0.2) is 11.5 Å². The number of carboxylic acids is 1. The first-order valence-electron chi connectivity index (χ1n) is 6.20. The minimum atomic E-state index is -0.941. The van der Waals surface area contributed by atoms with Gasteiger partial charge in [-0.05, 0) is 24.6 Å². The Morgan fingerprint density at radius 2 is 2.00 bits per heavy atom. The summed E-state index contributed by atoms with van der Waals surface area (Å²) in [4.78, 5) is 14.8. The van der Waals surface area contributed by atoms with Gasteiger partial charge in [0, 0.05) is 5.56 Å². The number of hydrogen-bond donors (Lipinski definition) is 1. The molecule has 0 aliphatic carbocycles. The van der Waals surface area contributed by atoms with Crippen LogP contribution in [0.1, 0.15) is 11.3 Å². The van der Waals surface area contributed by atoms with Crippen LogP contribution < -0.4 is 9.47 Å². The van der Waals surface area contributed by atoms with Gasteiger partial charge in [-0.3, -0.25) is 4.79 Å². The van der Waals surface area contributed by atoms with Crippen LogP contribution in [0.3, 0.4) is 0 Å². The van der Waals surface area contributed by atoms with Crippen molar-refractivity contribution < 1.29 is 23.8 Å². The molecule has 20 heavy (non-hydrogen) atoms. The van der Waals surface area contributed by atoms with Crippen molar-refractivity contribution >= 4 is 5.97 Å². The second-order valence-corrected chi connectivity index (χ2v) is 4.53. The lowest BCUT2D eigenvalue weighted by molar-refractivity contribution is -0.136. The molecule has 1 N–H and O–H groups in total. The summed E-state index contributed by atoms with van der Waals surface area (Å²) < 4.78 is 16.4. The zero-order valence-corrected chi connectivity index (χ0v) is 10.9. The van der Waals surface area contributed by atoms with Gasteiger partial charge in [-0.25, -0.2) is 4.98 Å². The molecule has 0 fully saturated rings. The monoisotopic (exact) mass is 275 g/mol. The molecule has 6 heteroatoms. The van der Waals surface area contributed by atoms with E-state index in [1.807, 2.05) is 13.0 Å². The van der Waals surface area contributed by atoms with Crippen molar-refractivity contribution in [1.82, 2.24) is 4.98 Å². The van der Waals surface area contributed by atoms with E-state index >= 15 is 0 Å². The van der Waals surface area contributed by atoms with Crippen LogP contribution in [0.2, 0.25) is 0 Å². The molecular weight excluding hydrogens is 262 g/mol. The summed E-state index contributed by atoms with van der Waals surface area (Å²) in [6.45, 7) is 2.95. The van der Waals surface area contributed by atoms with Crippen LogP contribution >= 0.6 is 0 Å². The Kier molecular flexibility index (Phi) is 3.06. The molecule has 104 valence electrons. The molecule has 1 aliphatic heterocycles. The van der Waals surface area contributed by atoms with Crippen molar-refractivity contribution in [1.29, 1.82) is 0 Å². The third kappa shape index (κ3) is 2.32. The Morgan fingerprint density at radius 1 is 1.30 bits per heavy atom. The number of fused-ring (bicyclic) bond motifs is 1. The van der Waals surface area contributed by atoms with E-state index in [9.17, 15) is 4.79 Å². The Morgan fingerprint density at radius 3 is 2.70 bits per heavy atom. The Labute approximate surface area is 115 Å². The van der Waals surface area contributed by atoms with E-state index in [2.05, 4.69) is 4.98 Å². The number of aromatic nitrogens is 1. The maximum atomic E-state index is 10.7. The lowest BCUT2D eigenvalue weighted by atomic mass is 10.1. The molecule has 1 aromatic carbocycles. The van der Waals surface area contributed by atoms with E-state index in [4.69, 9.17) is 19.0 Å². The summed E-state index contributed by atoms with van der Waals surface area (Å²) in [6, 6.07) is 3.67. The first-order chi connectivity index (χ1) is 9.63. The molecule has 1 aliphatic rings. The largest absolute Gasteiger partial charge is 0.486 e. The van der Waals surface area contributed by atoms with Gasteiger partial charge >= 0.3 is 5.97 Å². The van der Waals surface area contributed by atoms with Gasteiger partial charge in [0.2, 0.25) is 5.89 Å². The molecular formula is C14H13NO5. The first-order valence-corrected chi connectivity index (χ1v) is 6.20. The third-order valence-electron chi connectivity index (χ3n) is 3.00. The summed E-state index contributed by atoms with van der Waals surface area (Å²) in [5, 5.41) is 8.74. The molecule has 0 spiro atoms. The van der Waals surface area contributed by atoms with Crippen LogP contribution in [-0.2, 0) is 11.2 Å². The van der Waals surface area contributed by atoms with Crippen LogP contribution in [0.25, 0.3) is 11.5 Å². The number of carbonyl (C=O) groups is 1. The van der Waals surface area contributed by atoms with E-state index in [-0.39, 0.29) is 6.42 Å². The fraction of sp³-hybridized carbons (Fsp3) is 0.286. The highest BCUT2D eigenvalue weighted by Crippen LogP contribution is 2.36. The van der Waals surface area contributed by atoms with Gasteiger partial charge in [-0.15, -0.1) is 0 Å². The highest BCUT2D eigenvalue weighted by Gasteiger charge is 2.18. The van der Waals surface area contributed by atoms with Gasteiger partial charge in [0.05, 0.1) is 12.1 Å². The van der Waals surface area contributed by atoms with Crippen molar-refractivity contribution in [3.8, 4) is 23.0 Å². The molecule has 1 aromatic heterocycles. The molecule has 0 bridgehead atoms. The summed E-state index contributed by atoms with van der Waals surface area (Å²) in [6.07, 6.45) is 1.20. The third-order valence-corrected chi connectivity index (χ3v) is 3.00. The number of aryl methyl sites for hydroxylation is 1. The second-order valence-electron chi connectivity index (χ2n) is 4.53. The number of oxazole rings is 1. The predicted octanol–water partition coefficient (Wildman–Crippen LogP) is 2.05. The number of hydrogen-bond acceptors (Lipinski definition) is 5. The minimum Gasteiger partial charge on any atom is -0.486 e. The van der Waals surface area contributed by atoms with E-state index in [1.54, 1.807) is 6.07 Å². The standard InChI is InChI=1S/C14H13NO5/c1-8-4-11-12(19-3-2-18-11)6-10(8)14-15-9(7-20-14)5-13(16)17/h4,6-7H,2-3,5H2,1H3,(H,16,17). The number of benzene rings is 1. The van der Waals surface area contributed by atoms with Crippen LogP contribution in [0.4, 0.5) is 0 Å². The Bertz CT molecular complexity index is 662. The van der Waals surface area contributed by atoms with Crippen LogP contribution in [0.15, 0.2) is 22.8 Å². The average Bonchev–Trinajstić information content (AvgIpc) is 2.85. The maximum absolute atomic E-state index is 10.7. The van der Waals surface area contributed by atoms with Crippen molar-refractivity contribution in [3.05, 3.63) is 29.7 Å². The van der Waals surface area contributed by atoms with Crippen molar-refractivity contribution in [3.63, 3.8) is 0 Å². The molecule has 0 unspecified atom stereocenters. The topological polar surface area (TPSA) is 81.8 Å². The van der Waals surface area contributed by atoms with Gasteiger partial charge in [0.1, 0.15) is 19.5 Å². The van der Waals surface area contributed by atoms with Crippen molar-refractivity contribution in [2.45, 2.75) is 13.3 Å². The minimum absolute atomic E-state index is 0.160. The fourth-order valence-corrected chi connectivity index (χ4v) is 2.09. The van der Waals surface area contributed by atoms with E-state index in [0.29, 0.717) is 36.3 Å². The zero-order chi connectivity index (χ0) is 14.1. The van der Waals surface area contributed by atoms with Crippen molar-refractivity contribution in [2.24, 2.45) is 0 Å². The Balaban J connectivity index is 1.97. The molecule has 2 aromatic rings. The molecule has 3 rings (SSSR count). The molecule has 2 heterocycles. The Hall–Kier alpha value is -2.50. The fourth-order valence-electron chi connectivity index (χ4n) is 2.09. The van der Waals surface area contributed by atoms with E-state index in [0.717, 1.165) is 11.1 Å². The molecule has 0 saturated heterocycles. The van der Waals surface area contributed by atoms with Crippen LogP contribution in [-0.4, -0.2) is 29.3 Å². The smallest absolute Gasteiger partial charge is 0.309 e. The highest BCUT2D eigenvalue weighted by molar-refractivity contribution is 5.70. The molecule has 0 atom stereocenters. The molecule has 6 nitrogen and oxygen atoms in total. The summed E-state index contributed by atoms with van der Waals surface area (Å²) in [5.74, 6) is 0.795. The summed E-state index contributed by atoms with van der Waals surface area (Å²) >= 11 is 0. The van der Waals surface area contributed by atoms with E-state index in [1.165, 1.54) is 6.26 Å². The van der Waals surface area contributed by atoms with Gasteiger partial charge in [-0.2, -0.15) is 0 Å². The molecule has 0 radical (unpaired) electrons. The van der Waals surface area contributed by atoms with Crippen molar-refractivity contribution in [2.75, 3.05) is 13.2 Å².